The molecule has 1 aliphatic carbocycles. The highest BCUT2D eigenvalue weighted by molar-refractivity contribution is 4.99. The fraction of sp³-hybridized carbons (Fsp3) is 1.00. The number of hydrogen-bond acceptors (Lipinski definition) is 2. The molecular weight excluding hydrogens is 102 g/mol. The number of nitrogens with two attached hydrogens (primary N) is 1. The Hall–Kier alpha value is -0.0800. The summed E-state index contributed by atoms with van der Waals surface area (Å²) in [6, 6.07) is 0. The zero-order valence-corrected chi connectivity index (χ0v) is 5.22. The van der Waals surface area contributed by atoms with E-state index in [-0.39, 0.29) is 12.0 Å². The van der Waals surface area contributed by atoms with Crippen molar-refractivity contribution in [2.75, 3.05) is 13.2 Å². The summed E-state index contributed by atoms with van der Waals surface area (Å²) in [5.41, 5.74) is 5.53. The Morgan fingerprint density at radius 1 is 1.88 bits per heavy atom. The lowest BCUT2D eigenvalue weighted by atomic mass is 10.1. The van der Waals surface area contributed by atoms with Gasteiger partial charge in [-0.2, -0.15) is 0 Å². The third-order valence-corrected chi connectivity index (χ3v) is 2.32. The molecule has 0 bridgehead atoms. The Morgan fingerprint density at radius 2 is 2.38 bits per heavy atom. The molecule has 2 unspecified atom stereocenters. The van der Waals surface area contributed by atoms with Crippen molar-refractivity contribution in [1.29, 1.82) is 0 Å². The molecule has 0 saturated heterocycles. The van der Waals surface area contributed by atoms with Crippen LogP contribution in [-0.4, -0.2) is 18.3 Å². The molecule has 0 aromatic carbocycles. The topological polar surface area (TPSA) is 46.2 Å². The van der Waals surface area contributed by atoms with Crippen LogP contribution < -0.4 is 5.73 Å². The van der Waals surface area contributed by atoms with Gasteiger partial charge in [0.1, 0.15) is 0 Å². The Labute approximate surface area is 49.7 Å². The van der Waals surface area contributed by atoms with Gasteiger partial charge in [0.2, 0.25) is 0 Å². The minimum atomic E-state index is 0.125. The second-order valence-electron chi connectivity index (χ2n) is 2.83. The minimum Gasteiger partial charge on any atom is -0.396 e. The minimum absolute atomic E-state index is 0.125. The van der Waals surface area contributed by atoms with Crippen LogP contribution in [0.2, 0.25) is 0 Å². The van der Waals surface area contributed by atoms with Gasteiger partial charge in [-0.05, 0) is 12.3 Å². The number of aliphatic hydroxyl groups is 1. The van der Waals surface area contributed by atoms with E-state index in [4.69, 9.17) is 10.8 Å². The maximum atomic E-state index is 8.75. The van der Waals surface area contributed by atoms with E-state index in [0.717, 1.165) is 6.42 Å². The lowest BCUT2D eigenvalue weighted by molar-refractivity contribution is 0.206. The van der Waals surface area contributed by atoms with Gasteiger partial charge in [-0.15, -0.1) is 0 Å². The predicted octanol–water partition coefficient (Wildman–Crippen LogP) is -0.0364. The Morgan fingerprint density at radius 3 is 2.38 bits per heavy atom. The van der Waals surface area contributed by atoms with Crippen molar-refractivity contribution >= 4 is 0 Å². The highest BCUT2D eigenvalue weighted by Crippen LogP contribution is 2.50. The zero-order chi connectivity index (χ0) is 6.20. The monoisotopic (exact) mass is 115 g/mol. The van der Waals surface area contributed by atoms with Crippen LogP contribution in [0.4, 0.5) is 0 Å². The van der Waals surface area contributed by atoms with Gasteiger partial charge in [0.05, 0.1) is 6.61 Å². The second-order valence-corrected chi connectivity index (χ2v) is 2.83. The van der Waals surface area contributed by atoms with Gasteiger partial charge in [0.15, 0.2) is 0 Å². The summed E-state index contributed by atoms with van der Waals surface area (Å²) in [5, 5.41) is 8.75. The molecule has 0 aromatic heterocycles. The molecule has 2 atom stereocenters. The molecule has 0 radical (unpaired) electrons. The average molecular weight is 115 g/mol. The van der Waals surface area contributed by atoms with E-state index in [2.05, 4.69) is 6.92 Å². The van der Waals surface area contributed by atoms with Crippen molar-refractivity contribution in [3.05, 3.63) is 0 Å². The SMILES string of the molecule is CC1CC1(CN)CO. The van der Waals surface area contributed by atoms with Crippen molar-refractivity contribution < 1.29 is 5.11 Å². The largest absolute Gasteiger partial charge is 0.396 e. The van der Waals surface area contributed by atoms with Crippen LogP contribution in [0.1, 0.15) is 13.3 Å². The first kappa shape index (κ1) is 6.05. The summed E-state index contributed by atoms with van der Waals surface area (Å²) in [4.78, 5) is 0. The summed E-state index contributed by atoms with van der Waals surface area (Å²) in [6.07, 6.45) is 1.11. The third-order valence-electron chi connectivity index (χ3n) is 2.32. The van der Waals surface area contributed by atoms with Crippen LogP contribution in [0.15, 0.2) is 0 Å². The molecule has 0 amide bonds. The molecule has 1 aliphatic rings. The molecule has 0 aliphatic heterocycles. The van der Waals surface area contributed by atoms with Gasteiger partial charge >= 0.3 is 0 Å². The van der Waals surface area contributed by atoms with E-state index in [0.29, 0.717) is 12.5 Å². The van der Waals surface area contributed by atoms with E-state index in [1.54, 1.807) is 0 Å². The summed E-state index contributed by atoms with van der Waals surface area (Å²) >= 11 is 0. The molecule has 1 fully saturated rings. The van der Waals surface area contributed by atoms with Crippen molar-refractivity contribution in [2.45, 2.75) is 13.3 Å². The standard InChI is InChI=1S/C6H13NO/c1-5-2-6(5,3-7)4-8/h5,8H,2-4,7H2,1H3. The van der Waals surface area contributed by atoms with E-state index < -0.39 is 0 Å². The maximum Gasteiger partial charge on any atom is 0.0502 e. The van der Waals surface area contributed by atoms with Crippen LogP contribution in [0.25, 0.3) is 0 Å². The number of hydrogen-bond donors (Lipinski definition) is 2. The van der Waals surface area contributed by atoms with Crippen molar-refractivity contribution in [3.63, 3.8) is 0 Å². The van der Waals surface area contributed by atoms with E-state index in [1.807, 2.05) is 0 Å². The molecule has 8 heavy (non-hydrogen) atoms. The van der Waals surface area contributed by atoms with Crippen LogP contribution in [-0.2, 0) is 0 Å². The molecule has 1 saturated carbocycles. The highest BCUT2D eigenvalue weighted by Gasteiger charge is 2.49. The van der Waals surface area contributed by atoms with E-state index in [1.165, 1.54) is 0 Å². The van der Waals surface area contributed by atoms with Gasteiger partial charge in [0, 0.05) is 12.0 Å². The normalized spacial score (nSPS) is 44.6. The molecule has 0 aromatic rings. The van der Waals surface area contributed by atoms with E-state index in [9.17, 15) is 0 Å². The summed E-state index contributed by atoms with van der Waals surface area (Å²) < 4.78 is 0. The zero-order valence-electron chi connectivity index (χ0n) is 5.22. The predicted molar refractivity (Wildman–Crippen MR) is 32.4 cm³/mol. The first-order valence-corrected chi connectivity index (χ1v) is 3.06. The van der Waals surface area contributed by atoms with Crippen molar-refractivity contribution in [2.24, 2.45) is 17.1 Å². The van der Waals surface area contributed by atoms with Crippen molar-refractivity contribution in [1.82, 2.24) is 0 Å². The molecule has 3 N–H and O–H groups in total. The average Bonchev–Trinajstić information content (AvgIpc) is 2.43. The van der Waals surface area contributed by atoms with Gasteiger partial charge in [-0.3, -0.25) is 0 Å². The summed E-state index contributed by atoms with van der Waals surface area (Å²) in [6.45, 7) is 3.04. The Bertz CT molecular complexity index is 83.0. The smallest absolute Gasteiger partial charge is 0.0502 e. The third kappa shape index (κ3) is 0.644. The lowest BCUT2D eigenvalue weighted by Crippen LogP contribution is -2.21. The van der Waals surface area contributed by atoms with Gasteiger partial charge < -0.3 is 10.8 Å². The summed E-state index contributed by atoms with van der Waals surface area (Å²) in [7, 11) is 0. The number of rotatable bonds is 2. The lowest BCUT2D eigenvalue weighted by Gasteiger charge is -2.06. The first-order chi connectivity index (χ1) is 3.75. The Balaban J connectivity index is 2.39. The van der Waals surface area contributed by atoms with Gasteiger partial charge in [0.25, 0.3) is 0 Å². The van der Waals surface area contributed by atoms with E-state index >= 15 is 0 Å². The van der Waals surface area contributed by atoms with Crippen LogP contribution in [0.5, 0.6) is 0 Å². The maximum absolute atomic E-state index is 8.75. The molecule has 2 heteroatoms. The van der Waals surface area contributed by atoms with Crippen LogP contribution in [0, 0.1) is 11.3 Å². The van der Waals surface area contributed by atoms with Crippen molar-refractivity contribution in [3.8, 4) is 0 Å². The van der Waals surface area contributed by atoms with Gasteiger partial charge in [-0.25, -0.2) is 0 Å². The number of aliphatic hydroxyl groups excluding tert-OH is 1. The fourth-order valence-electron chi connectivity index (χ4n) is 1.12. The van der Waals surface area contributed by atoms with Crippen LogP contribution in [0.3, 0.4) is 0 Å². The molecule has 48 valence electrons. The first-order valence-electron chi connectivity index (χ1n) is 3.06. The molecular formula is C6H13NO. The fourth-order valence-corrected chi connectivity index (χ4v) is 1.12. The molecule has 0 heterocycles. The Kier molecular flexibility index (Phi) is 1.29. The van der Waals surface area contributed by atoms with Crippen LogP contribution >= 0.6 is 0 Å². The molecule has 1 rings (SSSR count). The summed E-state index contributed by atoms with van der Waals surface area (Å²) in [5.74, 6) is 0.650. The van der Waals surface area contributed by atoms with Gasteiger partial charge in [-0.1, -0.05) is 6.92 Å². The molecule has 0 spiro atoms. The second kappa shape index (κ2) is 1.71. The quantitative estimate of drug-likeness (QED) is 0.530. The molecule has 2 nitrogen and oxygen atoms in total. The highest BCUT2D eigenvalue weighted by atomic mass is 16.3.